The fraction of sp³-hybridized carbons (Fsp3) is 0.667. The van der Waals surface area contributed by atoms with E-state index in [2.05, 4.69) is 10.5 Å². The van der Waals surface area contributed by atoms with Crippen molar-refractivity contribution >= 4 is 11.8 Å². The van der Waals surface area contributed by atoms with Crippen LogP contribution in [0.4, 0.5) is 0 Å². The molecule has 21 heavy (non-hydrogen) atoms. The van der Waals surface area contributed by atoms with Gasteiger partial charge in [-0.3, -0.25) is 9.59 Å². The summed E-state index contributed by atoms with van der Waals surface area (Å²) in [5.74, 6) is 0.603. The minimum absolute atomic E-state index is 0.0325. The number of nitrogens with zero attached hydrogens (tertiary/aromatic N) is 2. The van der Waals surface area contributed by atoms with E-state index in [9.17, 15) is 9.59 Å². The second-order valence-corrected chi connectivity index (χ2v) is 5.97. The average Bonchev–Trinajstić information content (AvgIpc) is 2.99. The monoisotopic (exact) mass is 291 g/mol. The second kappa shape index (κ2) is 5.50. The number of carbonyl (C=O) groups excluding carboxylic acids is 2. The molecule has 2 aliphatic rings. The summed E-state index contributed by atoms with van der Waals surface area (Å²) >= 11 is 0. The van der Waals surface area contributed by atoms with Crippen LogP contribution < -0.4 is 5.32 Å². The van der Waals surface area contributed by atoms with Gasteiger partial charge in [0.15, 0.2) is 5.76 Å². The van der Waals surface area contributed by atoms with Crippen LogP contribution in [0.1, 0.15) is 51.2 Å². The third-order valence-corrected chi connectivity index (χ3v) is 4.62. The van der Waals surface area contributed by atoms with Crippen molar-refractivity contribution in [2.75, 3.05) is 0 Å². The van der Waals surface area contributed by atoms with Gasteiger partial charge in [0.1, 0.15) is 11.6 Å². The lowest BCUT2D eigenvalue weighted by Gasteiger charge is -2.47. The molecule has 2 fully saturated rings. The van der Waals surface area contributed by atoms with Crippen LogP contribution in [0.3, 0.4) is 0 Å². The summed E-state index contributed by atoms with van der Waals surface area (Å²) < 4.78 is 5.11. The van der Waals surface area contributed by atoms with E-state index in [0.717, 1.165) is 32.1 Å². The highest BCUT2D eigenvalue weighted by atomic mass is 16.5. The summed E-state index contributed by atoms with van der Waals surface area (Å²) in [7, 11) is 0. The minimum atomic E-state index is -0.693. The lowest BCUT2D eigenvalue weighted by atomic mass is 9.78. The first-order valence-corrected chi connectivity index (χ1v) is 7.69. The molecule has 1 unspecified atom stereocenters. The molecule has 1 aliphatic carbocycles. The van der Waals surface area contributed by atoms with Gasteiger partial charge < -0.3 is 14.7 Å². The van der Waals surface area contributed by atoms with E-state index >= 15 is 0 Å². The molecule has 1 spiro atoms. The van der Waals surface area contributed by atoms with Gasteiger partial charge in [0, 0.05) is 6.07 Å². The molecular weight excluding hydrogens is 270 g/mol. The highest BCUT2D eigenvalue weighted by molar-refractivity contribution is 5.99. The number of carbonyl (C=O) groups is 2. The van der Waals surface area contributed by atoms with Crippen molar-refractivity contribution in [2.24, 2.45) is 0 Å². The zero-order valence-electron chi connectivity index (χ0n) is 12.3. The highest BCUT2D eigenvalue weighted by Gasteiger charge is 2.50. The van der Waals surface area contributed by atoms with Gasteiger partial charge in [0.25, 0.3) is 0 Å². The lowest BCUT2D eigenvalue weighted by Crippen LogP contribution is -2.70. The number of hydrogen-bond donors (Lipinski definition) is 1. The van der Waals surface area contributed by atoms with Gasteiger partial charge >= 0.3 is 0 Å². The van der Waals surface area contributed by atoms with E-state index < -0.39 is 11.6 Å². The molecule has 1 aromatic rings. The maximum atomic E-state index is 13.0. The van der Waals surface area contributed by atoms with Gasteiger partial charge in [-0.05, 0) is 19.3 Å². The number of aromatic nitrogens is 1. The molecule has 114 valence electrons. The first kappa shape index (κ1) is 14.1. The molecular formula is C15H21N3O3. The van der Waals surface area contributed by atoms with Crippen molar-refractivity contribution in [3.8, 4) is 0 Å². The highest BCUT2D eigenvalue weighted by Crippen LogP contribution is 2.34. The van der Waals surface area contributed by atoms with Gasteiger partial charge in [0.2, 0.25) is 11.8 Å². The summed E-state index contributed by atoms with van der Waals surface area (Å²) in [6, 6.07) is 1.32. The molecule has 0 bridgehead atoms. The van der Waals surface area contributed by atoms with Crippen molar-refractivity contribution in [1.29, 1.82) is 0 Å². The van der Waals surface area contributed by atoms with Crippen molar-refractivity contribution < 1.29 is 14.1 Å². The van der Waals surface area contributed by atoms with Crippen LogP contribution in [0.25, 0.3) is 0 Å². The molecule has 1 N–H and O–H groups in total. The molecule has 6 heteroatoms. The average molecular weight is 291 g/mol. The van der Waals surface area contributed by atoms with Crippen LogP contribution in [0.2, 0.25) is 0 Å². The summed E-state index contributed by atoms with van der Waals surface area (Å²) in [4.78, 5) is 27.1. The van der Waals surface area contributed by atoms with Crippen LogP contribution in [0.15, 0.2) is 16.8 Å². The van der Waals surface area contributed by atoms with Gasteiger partial charge in [-0.1, -0.05) is 31.3 Å². The van der Waals surface area contributed by atoms with E-state index in [1.54, 1.807) is 17.2 Å². The Kier molecular flexibility index (Phi) is 3.69. The smallest absolute Gasteiger partial charge is 0.249 e. The number of hydrogen-bond acceptors (Lipinski definition) is 4. The molecule has 0 aromatic carbocycles. The van der Waals surface area contributed by atoms with Crippen LogP contribution >= 0.6 is 0 Å². The molecule has 0 radical (unpaired) electrons. The fourth-order valence-electron chi connectivity index (χ4n) is 3.50. The predicted molar refractivity (Wildman–Crippen MR) is 75.1 cm³/mol. The second-order valence-electron chi connectivity index (χ2n) is 5.97. The van der Waals surface area contributed by atoms with Crippen LogP contribution in [0, 0.1) is 0 Å². The Hall–Kier alpha value is -1.85. The maximum absolute atomic E-state index is 13.0. The van der Waals surface area contributed by atoms with E-state index in [0.29, 0.717) is 18.7 Å². The van der Waals surface area contributed by atoms with Crippen LogP contribution in [-0.4, -0.2) is 33.5 Å². The Labute approximate surface area is 123 Å². The van der Waals surface area contributed by atoms with Crippen molar-refractivity contribution in [3.63, 3.8) is 0 Å². The number of nitrogens with one attached hydrogen (secondary N) is 1. The molecule has 1 saturated heterocycles. The van der Waals surface area contributed by atoms with Gasteiger partial charge in [-0.2, -0.15) is 0 Å². The van der Waals surface area contributed by atoms with E-state index in [1.165, 1.54) is 0 Å². The van der Waals surface area contributed by atoms with Crippen molar-refractivity contribution in [3.05, 3.63) is 18.0 Å². The van der Waals surface area contributed by atoms with Crippen molar-refractivity contribution in [2.45, 2.75) is 63.6 Å². The third kappa shape index (κ3) is 2.43. The molecule has 1 atom stereocenters. The maximum Gasteiger partial charge on any atom is 0.249 e. The molecule has 1 saturated carbocycles. The van der Waals surface area contributed by atoms with Gasteiger partial charge in [0.05, 0.1) is 12.7 Å². The largest absolute Gasteiger partial charge is 0.360 e. The summed E-state index contributed by atoms with van der Waals surface area (Å²) in [6.07, 6.45) is 6.73. The fourth-order valence-corrected chi connectivity index (χ4v) is 3.50. The number of piperazine rings is 1. The van der Waals surface area contributed by atoms with E-state index in [4.69, 9.17) is 4.52 Å². The zero-order chi connectivity index (χ0) is 14.9. The SMILES string of the molecule is CCC1C(=O)NC2(CCCCC2)C(=O)N1Cc1ccno1. The zero-order valence-corrected chi connectivity index (χ0v) is 12.3. The Bertz CT molecular complexity index is 520. The van der Waals surface area contributed by atoms with Gasteiger partial charge in [-0.15, -0.1) is 0 Å². The lowest BCUT2D eigenvalue weighted by molar-refractivity contribution is -0.158. The molecule has 3 rings (SSSR count). The summed E-state index contributed by atoms with van der Waals surface area (Å²) in [5, 5.41) is 6.69. The van der Waals surface area contributed by atoms with Crippen LogP contribution in [0.5, 0.6) is 0 Å². The molecule has 6 nitrogen and oxygen atoms in total. The molecule has 2 amide bonds. The minimum Gasteiger partial charge on any atom is -0.360 e. The predicted octanol–water partition coefficient (Wildman–Crippen LogP) is 1.61. The number of amides is 2. The first-order chi connectivity index (χ1) is 10.2. The Morgan fingerprint density at radius 3 is 2.76 bits per heavy atom. The van der Waals surface area contributed by atoms with Crippen LogP contribution in [-0.2, 0) is 16.1 Å². The Morgan fingerprint density at radius 2 is 2.14 bits per heavy atom. The Balaban J connectivity index is 1.88. The number of rotatable bonds is 3. The Morgan fingerprint density at radius 1 is 1.38 bits per heavy atom. The van der Waals surface area contributed by atoms with Crippen molar-refractivity contribution in [1.82, 2.24) is 15.4 Å². The normalized spacial score (nSPS) is 25.2. The molecule has 1 aromatic heterocycles. The molecule has 1 aliphatic heterocycles. The quantitative estimate of drug-likeness (QED) is 0.918. The van der Waals surface area contributed by atoms with E-state index in [-0.39, 0.29) is 11.8 Å². The molecule has 2 heterocycles. The standard InChI is InChI=1S/C15H21N3O3/c1-2-12-13(19)17-15(7-4-3-5-8-15)14(20)18(12)10-11-6-9-16-21-11/h6,9,12H,2-5,7-8,10H2,1H3,(H,17,19). The summed E-state index contributed by atoms with van der Waals surface area (Å²) in [6.45, 7) is 2.23. The summed E-state index contributed by atoms with van der Waals surface area (Å²) in [5.41, 5.74) is -0.693. The topological polar surface area (TPSA) is 75.4 Å². The first-order valence-electron chi connectivity index (χ1n) is 7.69. The van der Waals surface area contributed by atoms with E-state index in [1.807, 2.05) is 6.92 Å². The third-order valence-electron chi connectivity index (χ3n) is 4.62. The van der Waals surface area contributed by atoms with Gasteiger partial charge in [-0.25, -0.2) is 0 Å².